The predicted molar refractivity (Wildman–Crippen MR) is 170 cm³/mol. The van der Waals surface area contributed by atoms with Crippen LogP contribution in [0.25, 0.3) is 0 Å². The lowest BCUT2D eigenvalue weighted by Gasteiger charge is -2.19. The van der Waals surface area contributed by atoms with Crippen molar-refractivity contribution in [3.8, 4) is 0 Å². The molecule has 0 heterocycles. The van der Waals surface area contributed by atoms with Crippen LogP contribution in [0.15, 0.2) is 24.3 Å². The van der Waals surface area contributed by atoms with E-state index in [9.17, 15) is 24.0 Å². The van der Waals surface area contributed by atoms with E-state index in [0.717, 1.165) is 68.9 Å². The molecule has 0 radical (unpaired) electrons. The van der Waals surface area contributed by atoms with Crippen LogP contribution in [-0.4, -0.2) is 67.7 Å². The molecule has 1 saturated carbocycles. The number of amides is 2. The molecule has 0 aliphatic heterocycles. The van der Waals surface area contributed by atoms with Gasteiger partial charge in [-0.2, -0.15) is 0 Å². The minimum absolute atomic E-state index is 0.00293. The van der Waals surface area contributed by atoms with Crippen LogP contribution in [0.4, 0.5) is 4.79 Å². The van der Waals surface area contributed by atoms with Gasteiger partial charge in [0.15, 0.2) is 0 Å². The van der Waals surface area contributed by atoms with E-state index in [1.807, 2.05) is 31.2 Å². The van der Waals surface area contributed by atoms with Crippen molar-refractivity contribution >= 4 is 29.4 Å². The second-order valence-electron chi connectivity index (χ2n) is 12.0. The number of carbonyl (C=O) groups excluding carboxylic acids is 5. The fourth-order valence-corrected chi connectivity index (χ4v) is 5.52. The van der Waals surface area contributed by atoms with E-state index in [1.54, 1.807) is 11.9 Å². The Morgan fingerprint density at radius 1 is 0.932 bits per heavy atom. The van der Waals surface area contributed by atoms with Crippen LogP contribution in [0.2, 0.25) is 0 Å². The van der Waals surface area contributed by atoms with E-state index in [1.165, 1.54) is 0 Å². The largest absolute Gasteiger partial charge is 0.449 e. The average molecular weight is 615 g/mol. The summed E-state index contributed by atoms with van der Waals surface area (Å²) in [6.07, 6.45) is 10.8. The summed E-state index contributed by atoms with van der Waals surface area (Å²) in [6.45, 7) is 5.44. The molecule has 0 bridgehead atoms. The van der Waals surface area contributed by atoms with Crippen LogP contribution in [0.1, 0.15) is 108 Å². The second-order valence-corrected chi connectivity index (χ2v) is 12.0. The van der Waals surface area contributed by atoms with Crippen molar-refractivity contribution in [2.24, 2.45) is 11.8 Å². The first-order valence-corrected chi connectivity index (χ1v) is 16.6. The first kappa shape index (κ1) is 37.1. The van der Waals surface area contributed by atoms with Crippen LogP contribution in [0.3, 0.4) is 0 Å². The van der Waals surface area contributed by atoms with Gasteiger partial charge in [0.05, 0.1) is 19.1 Å². The number of likely N-dealkylation sites (N-methyl/N-ethyl adjacent to an activating group) is 1. The molecule has 2 atom stereocenters. The van der Waals surface area contributed by atoms with Crippen molar-refractivity contribution in [3.05, 3.63) is 35.4 Å². The van der Waals surface area contributed by atoms with E-state index < -0.39 is 12.0 Å². The van der Waals surface area contributed by atoms with E-state index in [0.29, 0.717) is 51.2 Å². The van der Waals surface area contributed by atoms with E-state index in [-0.39, 0.29) is 43.0 Å². The fourth-order valence-electron chi connectivity index (χ4n) is 5.52. The highest BCUT2D eigenvalue weighted by Crippen LogP contribution is 2.23. The third-order valence-corrected chi connectivity index (χ3v) is 8.29. The lowest BCUT2D eigenvalue weighted by Crippen LogP contribution is -2.30. The maximum Gasteiger partial charge on any atom is 0.407 e. The van der Waals surface area contributed by atoms with Gasteiger partial charge >= 0.3 is 6.09 Å². The molecule has 1 aromatic rings. The second kappa shape index (κ2) is 21.6. The van der Waals surface area contributed by atoms with Gasteiger partial charge < -0.3 is 19.7 Å². The van der Waals surface area contributed by atoms with Crippen molar-refractivity contribution in [2.75, 3.05) is 33.4 Å². The SMILES string of the molecule is CCCCCC(CCCCNC(=O)OCCCOCC(=O)N(C)Cc1ccc(CC(=O)C2CCCCC2=O)cc1)C(=O)CC. The summed E-state index contributed by atoms with van der Waals surface area (Å²) in [5.41, 5.74) is 1.81. The van der Waals surface area contributed by atoms with Crippen molar-refractivity contribution in [3.63, 3.8) is 0 Å². The number of Topliss-reactive ketones (excluding diaryl/α,β-unsaturated/α-hetero) is 3. The molecule has 1 N–H and O–H groups in total. The van der Waals surface area contributed by atoms with Crippen LogP contribution >= 0.6 is 0 Å². The Morgan fingerprint density at radius 3 is 2.32 bits per heavy atom. The summed E-state index contributed by atoms with van der Waals surface area (Å²) in [6, 6.07) is 7.56. The molecular weight excluding hydrogens is 560 g/mol. The highest BCUT2D eigenvalue weighted by atomic mass is 16.5. The average Bonchev–Trinajstić information content (AvgIpc) is 3.02. The number of hydrogen-bond donors (Lipinski definition) is 1. The molecule has 246 valence electrons. The highest BCUT2D eigenvalue weighted by Gasteiger charge is 2.28. The van der Waals surface area contributed by atoms with Crippen molar-refractivity contribution in [1.82, 2.24) is 10.2 Å². The maximum atomic E-state index is 12.5. The van der Waals surface area contributed by atoms with Crippen LogP contribution < -0.4 is 5.32 Å². The first-order chi connectivity index (χ1) is 21.2. The zero-order valence-electron chi connectivity index (χ0n) is 27.2. The van der Waals surface area contributed by atoms with Gasteiger partial charge in [0.2, 0.25) is 5.91 Å². The van der Waals surface area contributed by atoms with Gasteiger partial charge in [-0.05, 0) is 43.2 Å². The maximum absolute atomic E-state index is 12.5. The molecule has 1 aliphatic carbocycles. The summed E-state index contributed by atoms with van der Waals surface area (Å²) < 4.78 is 10.6. The molecule has 9 heteroatoms. The summed E-state index contributed by atoms with van der Waals surface area (Å²) in [5, 5.41) is 2.75. The number of rotatable bonds is 22. The molecule has 2 amide bonds. The van der Waals surface area contributed by atoms with Crippen molar-refractivity contribution < 1.29 is 33.4 Å². The number of unbranched alkanes of at least 4 members (excludes halogenated alkanes) is 3. The number of nitrogens with zero attached hydrogens (tertiary/aromatic N) is 1. The third kappa shape index (κ3) is 14.6. The molecule has 0 spiro atoms. The number of ketones is 3. The van der Waals surface area contributed by atoms with Gasteiger partial charge in [0.25, 0.3) is 0 Å². The number of benzene rings is 1. The minimum Gasteiger partial charge on any atom is -0.449 e. The Balaban J connectivity index is 1.53. The minimum atomic E-state index is -0.470. The van der Waals surface area contributed by atoms with Gasteiger partial charge in [0.1, 0.15) is 24.0 Å². The molecule has 9 nitrogen and oxygen atoms in total. The van der Waals surface area contributed by atoms with Gasteiger partial charge in [-0.3, -0.25) is 19.2 Å². The van der Waals surface area contributed by atoms with Crippen molar-refractivity contribution in [1.29, 1.82) is 0 Å². The lowest BCUT2D eigenvalue weighted by molar-refractivity contribution is -0.136. The van der Waals surface area contributed by atoms with Crippen LogP contribution in [0, 0.1) is 11.8 Å². The molecule has 0 aromatic heterocycles. The number of ether oxygens (including phenoxy) is 2. The normalized spacial score (nSPS) is 15.4. The molecule has 44 heavy (non-hydrogen) atoms. The Bertz CT molecular complexity index is 1040. The predicted octanol–water partition coefficient (Wildman–Crippen LogP) is 5.99. The van der Waals surface area contributed by atoms with Crippen molar-refractivity contribution in [2.45, 2.75) is 110 Å². The van der Waals surface area contributed by atoms with E-state index >= 15 is 0 Å². The first-order valence-electron chi connectivity index (χ1n) is 16.6. The Labute approximate surface area is 263 Å². The number of alkyl carbamates (subject to hydrolysis) is 1. The van der Waals surface area contributed by atoms with E-state index in [4.69, 9.17) is 9.47 Å². The summed E-state index contributed by atoms with van der Waals surface area (Å²) in [4.78, 5) is 62.7. The summed E-state index contributed by atoms with van der Waals surface area (Å²) in [7, 11) is 1.71. The Hall–Kier alpha value is -3.07. The Kier molecular flexibility index (Phi) is 18.2. The van der Waals surface area contributed by atoms with Crippen LogP contribution in [-0.2, 0) is 41.6 Å². The van der Waals surface area contributed by atoms with Gasteiger partial charge in [0, 0.05) is 51.7 Å². The third-order valence-electron chi connectivity index (χ3n) is 8.29. The lowest BCUT2D eigenvalue weighted by atomic mass is 9.83. The topological polar surface area (TPSA) is 119 Å². The monoisotopic (exact) mass is 614 g/mol. The number of nitrogens with one attached hydrogen (secondary N) is 1. The highest BCUT2D eigenvalue weighted by molar-refractivity contribution is 6.03. The van der Waals surface area contributed by atoms with E-state index in [2.05, 4.69) is 12.2 Å². The molecule has 0 saturated heterocycles. The zero-order valence-corrected chi connectivity index (χ0v) is 27.2. The summed E-state index contributed by atoms with van der Waals surface area (Å²) >= 11 is 0. The smallest absolute Gasteiger partial charge is 0.407 e. The molecule has 2 unspecified atom stereocenters. The standard InChI is InChI=1S/C35H54N2O7/c1-4-6-7-13-29(31(38)5-2)14-10-11-21-36-35(42)44-23-12-22-43-26-34(41)37(3)25-28-19-17-27(18-20-28)24-33(40)30-15-8-9-16-32(30)39/h17-20,29-30H,4-16,21-26H2,1-3H3,(H,36,42). The fraction of sp³-hybridized carbons (Fsp3) is 0.686. The molecule has 2 rings (SSSR count). The van der Waals surface area contributed by atoms with Gasteiger partial charge in [-0.1, -0.05) is 70.2 Å². The molecule has 1 aliphatic rings. The molecule has 1 aromatic carbocycles. The quantitative estimate of drug-likeness (QED) is 0.126. The van der Waals surface area contributed by atoms with Gasteiger partial charge in [-0.25, -0.2) is 4.79 Å². The number of hydrogen-bond acceptors (Lipinski definition) is 7. The van der Waals surface area contributed by atoms with Crippen LogP contribution in [0.5, 0.6) is 0 Å². The zero-order chi connectivity index (χ0) is 32.2. The Morgan fingerprint density at radius 2 is 1.64 bits per heavy atom. The molecular formula is C35H54N2O7. The van der Waals surface area contributed by atoms with Gasteiger partial charge in [-0.15, -0.1) is 0 Å². The molecule has 1 fully saturated rings. The number of carbonyl (C=O) groups is 5. The summed E-state index contributed by atoms with van der Waals surface area (Å²) in [5.74, 6) is -0.0586.